The van der Waals surface area contributed by atoms with Gasteiger partial charge < -0.3 is 15.5 Å². The molecule has 1 aromatic rings. The van der Waals surface area contributed by atoms with Gasteiger partial charge in [-0.25, -0.2) is 10.8 Å². The van der Waals surface area contributed by atoms with Crippen LogP contribution < -0.4 is 16.6 Å². The number of ether oxygens (including phenoxy) is 1. The lowest BCUT2D eigenvalue weighted by Gasteiger charge is -2.20. The Morgan fingerprint density at radius 2 is 2.19 bits per heavy atom. The summed E-state index contributed by atoms with van der Waals surface area (Å²) in [6.07, 6.45) is 4.28. The van der Waals surface area contributed by atoms with Gasteiger partial charge >= 0.3 is 0 Å². The number of pyridine rings is 1. The Morgan fingerprint density at radius 1 is 1.31 bits per heavy atom. The molecule has 2 fully saturated rings. The Hall–Kier alpha value is -1.33. The van der Waals surface area contributed by atoms with Gasteiger partial charge in [-0.05, 0) is 31.4 Å². The van der Waals surface area contributed by atoms with Crippen LogP contribution in [0.1, 0.15) is 19.3 Å². The molecule has 0 spiro atoms. The minimum absolute atomic E-state index is 0.362. The van der Waals surface area contributed by atoms with Crippen LogP contribution in [0.5, 0.6) is 0 Å². The summed E-state index contributed by atoms with van der Waals surface area (Å²) in [7, 11) is 0. The van der Waals surface area contributed by atoms with Crippen LogP contribution in [-0.2, 0) is 4.74 Å². The molecule has 5 nitrogen and oxygen atoms in total. The Bertz CT molecular complexity index is 384. The van der Waals surface area contributed by atoms with Crippen molar-refractivity contribution in [1.82, 2.24) is 4.98 Å². The van der Waals surface area contributed by atoms with E-state index in [0.717, 1.165) is 18.7 Å². The molecule has 3 rings (SSSR count). The second-order valence-electron chi connectivity index (χ2n) is 4.41. The predicted molar refractivity (Wildman–Crippen MR) is 62.0 cm³/mol. The number of hydrogen-bond donors (Lipinski definition) is 3. The fraction of sp³-hybridized carbons (Fsp3) is 0.545. The molecule has 1 aromatic heterocycles. The Balaban J connectivity index is 1.69. The molecule has 2 aliphatic rings. The van der Waals surface area contributed by atoms with E-state index in [2.05, 4.69) is 15.7 Å². The van der Waals surface area contributed by atoms with E-state index >= 15 is 0 Å². The fourth-order valence-corrected chi connectivity index (χ4v) is 2.58. The largest absolute Gasteiger partial charge is 0.373 e. The van der Waals surface area contributed by atoms with Gasteiger partial charge in [-0.2, -0.15) is 0 Å². The number of aromatic nitrogens is 1. The molecular formula is C11H16N4O. The monoisotopic (exact) mass is 220 g/mol. The van der Waals surface area contributed by atoms with Gasteiger partial charge in [0.15, 0.2) is 0 Å². The Kier molecular flexibility index (Phi) is 2.41. The van der Waals surface area contributed by atoms with Crippen LogP contribution in [0.4, 0.5) is 11.6 Å². The summed E-state index contributed by atoms with van der Waals surface area (Å²) in [5, 5.41) is 3.42. The number of rotatable bonds is 3. The molecule has 0 aromatic carbocycles. The highest BCUT2D eigenvalue weighted by Crippen LogP contribution is 2.35. The third kappa shape index (κ3) is 1.72. The average Bonchev–Trinajstić information content (AvgIpc) is 2.91. The first-order chi connectivity index (χ1) is 7.85. The number of anilines is 2. The Labute approximate surface area is 94.4 Å². The van der Waals surface area contributed by atoms with E-state index in [1.807, 2.05) is 18.2 Å². The van der Waals surface area contributed by atoms with E-state index < -0.39 is 0 Å². The minimum atomic E-state index is 0.362. The molecular weight excluding hydrogens is 204 g/mol. The maximum Gasteiger partial charge on any atom is 0.142 e. The molecule has 4 N–H and O–H groups in total. The highest BCUT2D eigenvalue weighted by molar-refractivity contribution is 5.45. The molecule has 2 bridgehead atoms. The van der Waals surface area contributed by atoms with E-state index in [-0.39, 0.29) is 0 Å². The molecule has 0 radical (unpaired) electrons. The molecule has 5 heteroatoms. The van der Waals surface area contributed by atoms with Gasteiger partial charge in [0, 0.05) is 0 Å². The molecule has 2 aliphatic heterocycles. The molecule has 0 amide bonds. The van der Waals surface area contributed by atoms with Crippen molar-refractivity contribution in [3.63, 3.8) is 0 Å². The number of fused-ring (bicyclic) bond motifs is 2. The van der Waals surface area contributed by atoms with Gasteiger partial charge in [0.1, 0.15) is 11.6 Å². The zero-order chi connectivity index (χ0) is 11.0. The summed E-state index contributed by atoms with van der Waals surface area (Å²) in [5.74, 6) is 6.86. The molecule has 3 heterocycles. The second kappa shape index (κ2) is 3.92. The maximum absolute atomic E-state index is 5.78. The predicted octanol–water partition coefficient (Wildman–Crippen LogP) is 1.10. The van der Waals surface area contributed by atoms with Gasteiger partial charge in [-0.15, -0.1) is 0 Å². The molecule has 86 valence electrons. The Morgan fingerprint density at radius 3 is 2.88 bits per heavy atom. The van der Waals surface area contributed by atoms with Gasteiger partial charge in [-0.3, -0.25) is 0 Å². The summed E-state index contributed by atoms with van der Waals surface area (Å²) in [5.41, 5.74) is 2.54. The lowest BCUT2D eigenvalue weighted by molar-refractivity contribution is 0.102. The average molecular weight is 220 g/mol. The number of nitrogen functional groups attached to an aromatic ring is 1. The molecule has 16 heavy (non-hydrogen) atoms. The third-order valence-electron chi connectivity index (χ3n) is 3.34. The van der Waals surface area contributed by atoms with Crippen molar-refractivity contribution < 1.29 is 4.74 Å². The number of hydrogen-bond acceptors (Lipinski definition) is 5. The number of nitrogens with one attached hydrogen (secondary N) is 2. The first-order valence-corrected chi connectivity index (χ1v) is 5.71. The van der Waals surface area contributed by atoms with E-state index in [9.17, 15) is 0 Å². The van der Waals surface area contributed by atoms with E-state index in [0.29, 0.717) is 24.1 Å². The SMILES string of the molecule is NNc1cccc(NC2CC3CCC2O3)n1. The van der Waals surface area contributed by atoms with Gasteiger partial charge in [0.05, 0.1) is 18.2 Å². The topological polar surface area (TPSA) is 72.2 Å². The van der Waals surface area contributed by atoms with Crippen LogP contribution in [0.3, 0.4) is 0 Å². The summed E-state index contributed by atoms with van der Waals surface area (Å²) < 4.78 is 5.78. The van der Waals surface area contributed by atoms with Crippen molar-refractivity contribution in [2.45, 2.75) is 37.5 Å². The third-order valence-corrected chi connectivity index (χ3v) is 3.34. The van der Waals surface area contributed by atoms with Crippen LogP contribution in [0.2, 0.25) is 0 Å². The highest BCUT2D eigenvalue weighted by atomic mass is 16.5. The van der Waals surface area contributed by atoms with Crippen LogP contribution in [0.25, 0.3) is 0 Å². The maximum atomic E-state index is 5.78. The van der Waals surface area contributed by atoms with Gasteiger partial charge in [0.25, 0.3) is 0 Å². The van der Waals surface area contributed by atoms with Crippen molar-refractivity contribution in [1.29, 1.82) is 0 Å². The number of nitrogens with two attached hydrogens (primary N) is 1. The van der Waals surface area contributed by atoms with Crippen LogP contribution in [-0.4, -0.2) is 23.2 Å². The van der Waals surface area contributed by atoms with Crippen LogP contribution in [0.15, 0.2) is 18.2 Å². The van der Waals surface area contributed by atoms with Gasteiger partial charge in [-0.1, -0.05) is 6.07 Å². The van der Waals surface area contributed by atoms with Crippen molar-refractivity contribution in [2.75, 3.05) is 10.7 Å². The minimum Gasteiger partial charge on any atom is -0.373 e. The number of hydrazine groups is 1. The molecule has 0 aliphatic carbocycles. The summed E-state index contributed by atoms with van der Waals surface area (Å²) in [4.78, 5) is 4.34. The van der Waals surface area contributed by atoms with E-state index in [1.54, 1.807) is 0 Å². The standard InChI is InChI=1S/C11H16N4O/c12-15-11-3-1-2-10(14-11)13-8-6-7-4-5-9(8)16-7/h1-3,7-9H,4-6,12H2,(H2,13,14,15). The number of nitrogens with zero attached hydrogens (tertiary/aromatic N) is 1. The van der Waals surface area contributed by atoms with E-state index in [4.69, 9.17) is 10.6 Å². The normalized spacial score (nSPS) is 31.7. The molecule has 3 atom stereocenters. The van der Waals surface area contributed by atoms with Crippen molar-refractivity contribution in [3.05, 3.63) is 18.2 Å². The lowest BCUT2D eigenvalue weighted by Crippen LogP contribution is -2.30. The first-order valence-electron chi connectivity index (χ1n) is 5.71. The summed E-state index contributed by atoms with van der Waals surface area (Å²) in [6.45, 7) is 0. The smallest absolute Gasteiger partial charge is 0.142 e. The first kappa shape index (κ1) is 9.86. The van der Waals surface area contributed by atoms with E-state index in [1.165, 1.54) is 6.42 Å². The lowest BCUT2D eigenvalue weighted by atomic mass is 9.95. The van der Waals surface area contributed by atoms with Gasteiger partial charge in [0.2, 0.25) is 0 Å². The molecule has 3 unspecified atom stereocenters. The quantitative estimate of drug-likeness (QED) is 0.525. The zero-order valence-corrected chi connectivity index (χ0v) is 9.02. The van der Waals surface area contributed by atoms with Crippen LogP contribution in [0, 0.1) is 0 Å². The zero-order valence-electron chi connectivity index (χ0n) is 9.02. The molecule has 2 saturated heterocycles. The van der Waals surface area contributed by atoms with Crippen molar-refractivity contribution in [3.8, 4) is 0 Å². The summed E-state index contributed by atoms with van der Waals surface area (Å²) >= 11 is 0. The van der Waals surface area contributed by atoms with Crippen LogP contribution >= 0.6 is 0 Å². The summed E-state index contributed by atoms with van der Waals surface area (Å²) in [6, 6.07) is 6.12. The fourth-order valence-electron chi connectivity index (χ4n) is 2.58. The van der Waals surface area contributed by atoms with Crippen molar-refractivity contribution >= 4 is 11.6 Å². The highest BCUT2D eigenvalue weighted by Gasteiger charge is 2.40. The molecule has 0 saturated carbocycles. The van der Waals surface area contributed by atoms with Crippen molar-refractivity contribution in [2.24, 2.45) is 5.84 Å². The second-order valence-corrected chi connectivity index (χ2v) is 4.41.